The van der Waals surface area contributed by atoms with Crippen molar-refractivity contribution in [1.82, 2.24) is 0 Å². The summed E-state index contributed by atoms with van der Waals surface area (Å²) in [5.41, 5.74) is -1.77. The fourth-order valence-electron chi connectivity index (χ4n) is 2.36. The normalized spacial score (nSPS) is 12.3. The van der Waals surface area contributed by atoms with Crippen LogP contribution in [-0.2, 0) is 16.2 Å². The van der Waals surface area contributed by atoms with Crippen LogP contribution in [0.4, 0.5) is 23.2 Å². The van der Waals surface area contributed by atoms with E-state index >= 15 is 0 Å². The number of benzene rings is 3. The van der Waals surface area contributed by atoms with Gasteiger partial charge < -0.3 is 0 Å². The van der Waals surface area contributed by atoms with Crippen LogP contribution in [-0.4, -0.2) is 8.42 Å². The molecule has 3 rings (SSSR count). The van der Waals surface area contributed by atoms with Crippen molar-refractivity contribution in [1.29, 1.82) is 0 Å². The summed E-state index contributed by atoms with van der Waals surface area (Å²) in [6, 6.07) is 12.9. The zero-order chi connectivity index (χ0) is 18.2. The second kappa shape index (κ2) is 6.03. The highest BCUT2D eigenvalue weighted by Gasteiger charge is 2.31. The van der Waals surface area contributed by atoms with Gasteiger partial charge in [0.1, 0.15) is 5.82 Å². The SMILES string of the molecule is O=S(=O)(Nc1cc(F)cc(C(F)(F)F)c1)c1ccc2ccccc2c1. The van der Waals surface area contributed by atoms with E-state index in [9.17, 15) is 26.0 Å². The summed E-state index contributed by atoms with van der Waals surface area (Å²) < 4.78 is 78.4. The first-order chi connectivity index (χ1) is 11.6. The minimum atomic E-state index is -4.79. The minimum Gasteiger partial charge on any atom is -0.280 e. The Bertz CT molecular complexity index is 1050. The molecule has 0 aromatic heterocycles. The van der Waals surface area contributed by atoms with Crippen molar-refractivity contribution in [2.45, 2.75) is 11.1 Å². The number of halogens is 4. The molecule has 0 bridgehead atoms. The van der Waals surface area contributed by atoms with E-state index in [-0.39, 0.29) is 4.90 Å². The van der Waals surface area contributed by atoms with E-state index in [1.165, 1.54) is 12.1 Å². The van der Waals surface area contributed by atoms with Gasteiger partial charge in [-0.2, -0.15) is 13.2 Å². The maximum atomic E-state index is 13.4. The van der Waals surface area contributed by atoms with E-state index in [1.54, 1.807) is 30.3 Å². The number of anilines is 1. The Morgan fingerprint density at radius 3 is 2.20 bits per heavy atom. The molecule has 3 nitrogen and oxygen atoms in total. The summed E-state index contributed by atoms with van der Waals surface area (Å²) in [4.78, 5) is -0.135. The summed E-state index contributed by atoms with van der Waals surface area (Å²) >= 11 is 0. The number of hydrogen-bond acceptors (Lipinski definition) is 2. The number of fused-ring (bicyclic) bond motifs is 1. The van der Waals surface area contributed by atoms with Crippen molar-refractivity contribution >= 4 is 26.5 Å². The zero-order valence-electron chi connectivity index (χ0n) is 12.5. The first kappa shape index (κ1) is 17.2. The lowest BCUT2D eigenvalue weighted by Crippen LogP contribution is -2.14. The second-order valence-corrected chi connectivity index (χ2v) is 7.02. The number of alkyl halides is 3. The average molecular weight is 369 g/mol. The van der Waals surface area contributed by atoms with Crippen LogP contribution in [0, 0.1) is 5.82 Å². The monoisotopic (exact) mass is 369 g/mol. The predicted octanol–water partition coefficient (Wildman–Crippen LogP) is 4.80. The third-order valence-electron chi connectivity index (χ3n) is 3.51. The lowest BCUT2D eigenvalue weighted by molar-refractivity contribution is -0.137. The van der Waals surface area contributed by atoms with Gasteiger partial charge in [-0.3, -0.25) is 4.72 Å². The lowest BCUT2D eigenvalue weighted by atomic mass is 10.1. The van der Waals surface area contributed by atoms with E-state index in [1.807, 2.05) is 4.72 Å². The average Bonchev–Trinajstić information content (AvgIpc) is 2.52. The molecule has 3 aromatic rings. The molecule has 0 heterocycles. The van der Waals surface area contributed by atoms with Crippen molar-refractivity contribution in [3.05, 3.63) is 72.0 Å². The van der Waals surface area contributed by atoms with Gasteiger partial charge >= 0.3 is 6.18 Å². The van der Waals surface area contributed by atoms with Crippen molar-refractivity contribution in [3.8, 4) is 0 Å². The van der Waals surface area contributed by atoms with Crippen LogP contribution in [0.5, 0.6) is 0 Å². The molecule has 0 amide bonds. The molecule has 0 aliphatic carbocycles. The molecular formula is C17H11F4NO2S. The molecule has 0 saturated heterocycles. The molecule has 0 aliphatic heterocycles. The third kappa shape index (κ3) is 3.74. The summed E-state index contributed by atoms with van der Waals surface area (Å²) in [5.74, 6) is -1.19. The molecule has 0 fully saturated rings. The topological polar surface area (TPSA) is 46.2 Å². The Balaban J connectivity index is 1.99. The van der Waals surface area contributed by atoms with Crippen molar-refractivity contribution < 1.29 is 26.0 Å². The van der Waals surface area contributed by atoms with Gasteiger partial charge in [-0.25, -0.2) is 12.8 Å². The molecule has 0 unspecified atom stereocenters. The lowest BCUT2D eigenvalue weighted by Gasteiger charge is -2.12. The maximum absolute atomic E-state index is 13.4. The molecule has 25 heavy (non-hydrogen) atoms. The molecule has 0 atom stereocenters. The fourth-order valence-corrected chi connectivity index (χ4v) is 3.44. The number of rotatable bonds is 3. The predicted molar refractivity (Wildman–Crippen MR) is 86.2 cm³/mol. The Kier molecular flexibility index (Phi) is 4.16. The van der Waals surface area contributed by atoms with Crippen LogP contribution in [0.1, 0.15) is 5.56 Å². The van der Waals surface area contributed by atoms with Gasteiger partial charge in [0, 0.05) is 0 Å². The summed E-state index contributed by atoms with van der Waals surface area (Å²) in [6.45, 7) is 0. The maximum Gasteiger partial charge on any atom is 0.416 e. The van der Waals surface area contributed by atoms with Gasteiger partial charge in [-0.05, 0) is 41.1 Å². The van der Waals surface area contributed by atoms with Gasteiger partial charge in [-0.15, -0.1) is 0 Å². The van der Waals surface area contributed by atoms with Gasteiger partial charge in [-0.1, -0.05) is 30.3 Å². The first-order valence-corrected chi connectivity index (χ1v) is 8.53. The van der Waals surface area contributed by atoms with Crippen molar-refractivity contribution in [2.75, 3.05) is 4.72 Å². The number of nitrogens with one attached hydrogen (secondary N) is 1. The van der Waals surface area contributed by atoms with E-state index < -0.39 is 33.3 Å². The molecule has 8 heteroatoms. The number of sulfonamides is 1. The zero-order valence-corrected chi connectivity index (χ0v) is 13.3. The summed E-state index contributed by atoms with van der Waals surface area (Å²) in [6.07, 6.45) is -4.79. The van der Waals surface area contributed by atoms with Gasteiger partial charge in [0.05, 0.1) is 16.1 Å². The molecule has 3 aromatic carbocycles. The van der Waals surface area contributed by atoms with Crippen LogP contribution in [0.3, 0.4) is 0 Å². The minimum absolute atomic E-state index is 0.135. The van der Waals surface area contributed by atoms with Crippen LogP contribution >= 0.6 is 0 Å². The highest BCUT2D eigenvalue weighted by atomic mass is 32.2. The van der Waals surface area contributed by atoms with Crippen LogP contribution in [0.25, 0.3) is 10.8 Å². The Morgan fingerprint density at radius 1 is 0.840 bits per heavy atom. The van der Waals surface area contributed by atoms with Crippen LogP contribution < -0.4 is 4.72 Å². The van der Waals surface area contributed by atoms with Gasteiger partial charge in [0.25, 0.3) is 10.0 Å². The van der Waals surface area contributed by atoms with E-state index in [0.29, 0.717) is 23.6 Å². The summed E-state index contributed by atoms with van der Waals surface area (Å²) in [7, 11) is -4.17. The molecule has 0 saturated carbocycles. The largest absolute Gasteiger partial charge is 0.416 e. The van der Waals surface area contributed by atoms with Crippen LogP contribution in [0.15, 0.2) is 65.6 Å². The molecular weight excluding hydrogens is 358 g/mol. The number of hydrogen-bond donors (Lipinski definition) is 1. The van der Waals surface area contributed by atoms with Gasteiger partial charge in [0.2, 0.25) is 0 Å². The van der Waals surface area contributed by atoms with Crippen LogP contribution in [0.2, 0.25) is 0 Å². The Hall–Kier alpha value is -2.61. The highest BCUT2D eigenvalue weighted by molar-refractivity contribution is 7.92. The molecule has 0 aliphatic rings. The Morgan fingerprint density at radius 2 is 1.52 bits per heavy atom. The smallest absolute Gasteiger partial charge is 0.280 e. The van der Waals surface area contributed by atoms with E-state index in [4.69, 9.17) is 0 Å². The van der Waals surface area contributed by atoms with E-state index in [0.717, 1.165) is 5.39 Å². The molecule has 130 valence electrons. The molecule has 1 N–H and O–H groups in total. The van der Waals surface area contributed by atoms with Crippen molar-refractivity contribution in [3.63, 3.8) is 0 Å². The first-order valence-electron chi connectivity index (χ1n) is 7.04. The van der Waals surface area contributed by atoms with Crippen molar-refractivity contribution in [2.24, 2.45) is 0 Å². The third-order valence-corrected chi connectivity index (χ3v) is 4.89. The quantitative estimate of drug-likeness (QED) is 0.674. The standard InChI is InChI=1S/C17H11F4NO2S/c18-14-8-13(17(19,20)21)9-15(10-14)22-25(23,24)16-6-5-11-3-1-2-4-12(11)7-16/h1-10,22H. The fraction of sp³-hybridized carbons (Fsp3) is 0.0588. The van der Waals surface area contributed by atoms with E-state index in [2.05, 4.69) is 0 Å². The summed E-state index contributed by atoms with van der Waals surface area (Å²) in [5, 5.41) is 1.46. The molecule has 0 radical (unpaired) electrons. The Labute approximate surface area is 141 Å². The van der Waals surface area contributed by atoms with Gasteiger partial charge in [0.15, 0.2) is 0 Å². The second-order valence-electron chi connectivity index (χ2n) is 5.34. The molecule has 0 spiro atoms. The highest BCUT2D eigenvalue weighted by Crippen LogP contribution is 2.32.